The molecule has 0 radical (unpaired) electrons. The van der Waals surface area contributed by atoms with Crippen LogP contribution in [0.1, 0.15) is 5.69 Å². The van der Waals surface area contributed by atoms with Crippen molar-refractivity contribution in [2.75, 3.05) is 6.54 Å². The molecule has 2 N–H and O–H groups in total. The van der Waals surface area contributed by atoms with Crippen molar-refractivity contribution in [3.63, 3.8) is 0 Å². The summed E-state index contributed by atoms with van der Waals surface area (Å²) in [5.41, 5.74) is 7.18. The monoisotopic (exact) mass is 255 g/mol. The van der Waals surface area contributed by atoms with Crippen LogP contribution in [0.5, 0.6) is 0 Å². The van der Waals surface area contributed by atoms with E-state index in [0.29, 0.717) is 16.6 Å². The van der Waals surface area contributed by atoms with Crippen molar-refractivity contribution < 1.29 is 0 Å². The number of benzene rings is 1. The minimum Gasteiger partial charge on any atom is -0.330 e. The lowest BCUT2D eigenvalue weighted by Crippen LogP contribution is -2.04. The lowest BCUT2D eigenvalue weighted by Gasteiger charge is -2.04. The van der Waals surface area contributed by atoms with Gasteiger partial charge in [-0.05, 0) is 30.8 Å². The summed E-state index contributed by atoms with van der Waals surface area (Å²) < 4.78 is 1.71. The normalized spacial score (nSPS) is 10.7. The second kappa shape index (κ2) is 4.87. The summed E-state index contributed by atoms with van der Waals surface area (Å²) in [4.78, 5) is 0. The van der Waals surface area contributed by atoms with Gasteiger partial charge in [-0.2, -0.15) is 5.10 Å². The SMILES string of the molecule is NCCc1ccn(-c2cc(Cl)ccc2Cl)n1. The molecule has 0 aliphatic carbocycles. The number of hydrogen-bond donors (Lipinski definition) is 1. The Balaban J connectivity index is 2.38. The van der Waals surface area contributed by atoms with Crippen LogP contribution >= 0.6 is 23.2 Å². The predicted octanol–water partition coefficient (Wildman–Crippen LogP) is 2.68. The number of aromatic nitrogens is 2. The second-order valence-corrected chi connectivity index (χ2v) is 4.23. The second-order valence-electron chi connectivity index (χ2n) is 3.39. The van der Waals surface area contributed by atoms with Gasteiger partial charge in [0.15, 0.2) is 0 Å². The van der Waals surface area contributed by atoms with Crippen LogP contribution in [-0.4, -0.2) is 16.3 Å². The van der Waals surface area contributed by atoms with Crippen LogP contribution in [0.3, 0.4) is 0 Å². The molecule has 1 heterocycles. The zero-order valence-electron chi connectivity index (χ0n) is 8.53. The molecule has 2 aromatic rings. The van der Waals surface area contributed by atoms with Gasteiger partial charge in [0.05, 0.1) is 16.4 Å². The molecule has 3 nitrogen and oxygen atoms in total. The molecule has 84 valence electrons. The van der Waals surface area contributed by atoms with Gasteiger partial charge in [-0.1, -0.05) is 23.2 Å². The van der Waals surface area contributed by atoms with Gasteiger partial charge in [-0.25, -0.2) is 4.68 Å². The molecule has 16 heavy (non-hydrogen) atoms. The smallest absolute Gasteiger partial charge is 0.0846 e. The molecule has 1 aromatic heterocycles. The fraction of sp³-hybridized carbons (Fsp3) is 0.182. The molecule has 1 aromatic carbocycles. The molecule has 0 spiro atoms. The van der Waals surface area contributed by atoms with E-state index in [-0.39, 0.29) is 0 Å². The first-order valence-corrected chi connectivity index (χ1v) is 5.66. The number of halogens is 2. The van der Waals surface area contributed by atoms with Crippen LogP contribution in [0.25, 0.3) is 5.69 Å². The third-order valence-corrected chi connectivity index (χ3v) is 2.75. The maximum absolute atomic E-state index is 6.07. The molecule has 0 fully saturated rings. The third-order valence-electron chi connectivity index (χ3n) is 2.20. The maximum atomic E-state index is 6.07. The Morgan fingerprint density at radius 3 is 2.81 bits per heavy atom. The summed E-state index contributed by atoms with van der Waals surface area (Å²) in [7, 11) is 0. The van der Waals surface area contributed by atoms with E-state index in [1.165, 1.54) is 0 Å². The van der Waals surface area contributed by atoms with E-state index in [9.17, 15) is 0 Å². The molecular formula is C11H11Cl2N3. The Hall–Kier alpha value is -1.03. The fourth-order valence-electron chi connectivity index (χ4n) is 1.44. The summed E-state index contributed by atoms with van der Waals surface area (Å²) >= 11 is 12.0. The summed E-state index contributed by atoms with van der Waals surface area (Å²) in [5.74, 6) is 0. The van der Waals surface area contributed by atoms with Gasteiger partial charge in [0.25, 0.3) is 0 Å². The van der Waals surface area contributed by atoms with Crippen molar-refractivity contribution in [2.24, 2.45) is 5.73 Å². The summed E-state index contributed by atoms with van der Waals surface area (Å²) in [6, 6.07) is 7.20. The average Bonchev–Trinajstić information content (AvgIpc) is 2.71. The van der Waals surface area contributed by atoms with E-state index < -0.39 is 0 Å². The number of nitrogens with two attached hydrogens (primary N) is 1. The minimum absolute atomic E-state index is 0.584. The molecule has 0 amide bonds. The molecule has 0 unspecified atom stereocenters. The van der Waals surface area contributed by atoms with E-state index in [4.69, 9.17) is 28.9 Å². The maximum Gasteiger partial charge on any atom is 0.0846 e. The standard InChI is InChI=1S/C11H11Cl2N3/c12-8-1-2-10(13)11(7-8)16-6-4-9(15-16)3-5-14/h1-2,4,6-7H,3,5,14H2. The lowest BCUT2D eigenvalue weighted by atomic mass is 10.3. The summed E-state index contributed by atoms with van der Waals surface area (Å²) in [6.45, 7) is 0.584. The third kappa shape index (κ3) is 2.38. The highest BCUT2D eigenvalue weighted by molar-refractivity contribution is 6.34. The topological polar surface area (TPSA) is 43.8 Å². The Morgan fingerprint density at radius 2 is 2.06 bits per heavy atom. The van der Waals surface area contributed by atoms with E-state index in [1.54, 1.807) is 22.9 Å². The lowest BCUT2D eigenvalue weighted by molar-refractivity contribution is 0.822. The highest BCUT2D eigenvalue weighted by Crippen LogP contribution is 2.23. The van der Waals surface area contributed by atoms with E-state index in [1.807, 2.05) is 12.3 Å². The molecule has 0 aliphatic heterocycles. The zero-order valence-corrected chi connectivity index (χ0v) is 10.0. The Labute approximate surface area is 104 Å². The van der Waals surface area contributed by atoms with Gasteiger partial charge in [-0.3, -0.25) is 0 Å². The molecule has 2 rings (SSSR count). The van der Waals surface area contributed by atoms with Crippen molar-refractivity contribution in [2.45, 2.75) is 6.42 Å². The first-order valence-electron chi connectivity index (χ1n) is 4.91. The van der Waals surface area contributed by atoms with Gasteiger partial charge in [0.1, 0.15) is 0 Å². The van der Waals surface area contributed by atoms with E-state index in [2.05, 4.69) is 5.10 Å². The van der Waals surface area contributed by atoms with Crippen molar-refractivity contribution in [3.05, 3.63) is 46.2 Å². The fourth-order valence-corrected chi connectivity index (χ4v) is 1.81. The van der Waals surface area contributed by atoms with Gasteiger partial charge in [-0.15, -0.1) is 0 Å². The van der Waals surface area contributed by atoms with Gasteiger partial charge in [0.2, 0.25) is 0 Å². The van der Waals surface area contributed by atoms with E-state index >= 15 is 0 Å². The molecule has 0 bridgehead atoms. The zero-order chi connectivity index (χ0) is 11.5. The average molecular weight is 256 g/mol. The highest BCUT2D eigenvalue weighted by atomic mass is 35.5. The summed E-state index contributed by atoms with van der Waals surface area (Å²) in [5, 5.41) is 5.62. The molecule has 0 aliphatic rings. The van der Waals surface area contributed by atoms with Crippen molar-refractivity contribution >= 4 is 23.2 Å². The molecule has 5 heteroatoms. The molecule has 0 saturated carbocycles. The Kier molecular flexibility index (Phi) is 3.49. The first kappa shape index (κ1) is 11.5. The van der Waals surface area contributed by atoms with Crippen LogP contribution < -0.4 is 5.73 Å². The van der Waals surface area contributed by atoms with E-state index in [0.717, 1.165) is 17.8 Å². The number of hydrogen-bond acceptors (Lipinski definition) is 2. The van der Waals surface area contributed by atoms with Crippen molar-refractivity contribution in [1.82, 2.24) is 9.78 Å². The highest BCUT2D eigenvalue weighted by Gasteiger charge is 2.05. The van der Waals surface area contributed by atoms with Crippen LogP contribution in [0.4, 0.5) is 0 Å². The predicted molar refractivity (Wildman–Crippen MR) is 66.3 cm³/mol. The molecule has 0 atom stereocenters. The van der Waals surface area contributed by atoms with Crippen LogP contribution in [-0.2, 0) is 6.42 Å². The van der Waals surface area contributed by atoms with Gasteiger partial charge >= 0.3 is 0 Å². The largest absolute Gasteiger partial charge is 0.330 e. The minimum atomic E-state index is 0.584. The molecular weight excluding hydrogens is 245 g/mol. The quantitative estimate of drug-likeness (QED) is 0.917. The number of nitrogens with zero attached hydrogens (tertiary/aromatic N) is 2. The first-order chi connectivity index (χ1) is 7.70. The van der Waals surface area contributed by atoms with Crippen LogP contribution in [0.15, 0.2) is 30.5 Å². The van der Waals surface area contributed by atoms with Gasteiger partial charge in [0, 0.05) is 17.6 Å². The van der Waals surface area contributed by atoms with Crippen LogP contribution in [0, 0.1) is 0 Å². The van der Waals surface area contributed by atoms with Crippen molar-refractivity contribution in [1.29, 1.82) is 0 Å². The van der Waals surface area contributed by atoms with Crippen molar-refractivity contribution in [3.8, 4) is 5.69 Å². The molecule has 0 saturated heterocycles. The number of rotatable bonds is 3. The Morgan fingerprint density at radius 1 is 1.25 bits per heavy atom. The van der Waals surface area contributed by atoms with Crippen LogP contribution in [0.2, 0.25) is 10.0 Å². The van der Waals surface area contributed by atoms with Gasteiger partial charge < -0.3 is 5.73 Å². The summed E-state index contributed by atoms with van der Waals surface area (Å²) in [6.07, 6.45) is 2.60. The Bertz CT molecular complexity index is 494.